The number of methoxy groups -OCH3 is 1. The molecule has 2 N–H and O–H groups in total. The lowest BCUT2D eigenvalue weighted by Gasteiger charge is -2.16. The van der Waals surface area contributed by atoms with Crippen molar-refractivity contribution in [1.29, 1.82) is 0 Å². The van der Waals surface area contributed by atoms with E-state index in [-0.39, 0.29) is 10.6 Å². The van der Waals surface area contributed by atoms with E-state index in [4.69, 9.17) is 4.74 Å². The van der Waals surface area contributed by atoms with Crippen LogP contribution in [-0.4, -0.2) is 27.5 Å². The summed E-state index contributed by atoms with van der Waals surface area (Å²) >= 11 is 3.29. The van der Waals surface area contributed by atoms with Gasteiger partial charge in [0.25, 0.3) is 0 Å². The van der Waals surface area contributed by atoms with Crippen LogP contribution in [0.2, 0.25) is 0 Å². The Hall–Kier alpha value is -1.97. The van der Waals surface area contributed by atoms with Crippen molar-refractivity contribution >= 4 is 37.5 Å². The standard InChI is InChI=1S/C16H16BrFN2O4S/c1-10(16(21)19-13-6-4-3-5-12(13)17)20-25(22,23)15-9-11(18)7-8-14(15)24-2/h3-10,20H,1-2H3,(H,19,21). The molecule has 1 unspecified atom stereocenters. The maximum atomic E-state index is 13.4. The fourth-order valence-corrected chi connectivity index (χ4v) is 3.78. The Bertz CT molecular complexity index is 889. The zero-order valence-electron chi connectivity index (χ0n) is 13.4. The summed E-state index contributed by atoms with van der Waals surface area (Å²) in [6.45, 7) is 1.38. The predicted molar refractivity (Wildman–Crippen MR) is 95.5 cm³/mol. The summed E-state index contributed by atoms with van der Waals surface area (Å²) < 4.78 is 46.1. The second kappa shape index (κ2) is 7.94. The third kappa shape index (κ3) is 4.77. The Morgan fingerprint density at radius 1 is 1.24 bits per heavy atom. The van der Waals surface area contributed by atoms with Gasteiger partial charge in [0.2, 0.25) is 15.9 Å². The lowest BCUT2D eigenvalue weighted by Crippen LogP contribution is -2.41. The number of rotatable bonds is 6. The van der Waals surface area contributed by atoms with Gasteiger partial charge in [-0.1, -0.05) is 12.1 Å². The van der Waals surface area contributed by atoms with Crippen LogP contribution >= 0.6 is 15.9 Å². The van der Waals surface area contributed by atoms with Crippen molar-refractivity contribution in [1.82, 2.24) is 4.72 Å². The average Bonchev–Trinajstić information content (AvgIpc) is 2.56. The summed E-state index contributed by atoms with van der Waals surface area (Å²) in [5.74, 6) is -1.32. The molecule has 0 fully saturated rings. The molecule has 134 valence electrons. The minimum atomic E-state index is -4.16. The molecule has 0 heterocycles. The number of hydrogen-bond donors (Lipinski definition) is 2. The number of anilines is 1. The first-order valence-corrected chi connectivity index (χ1v) is 9.43. The summed E-state index contributed by atoms with van der Waals surface area (Å²) in [4.78, 5) is 11.9. The van der Waals surface area contributed by atoms with Crippen LogP contribution in [0.15, 0.2) is 51.8 Å². The molecule has 0 aromatic heterocycles. The van der Waals surface area contributed by atoms with E-state index in [9.17, 15) is 17.6 Å². The molecule has 0 spiro atoms. The van der Waals surface area contributed by atoms with Gasteiger partial charge in [-0.15, -0.1) is 0 Å². The van der Waals surface area contributed by atoms with Gasteiger partial charge in [-0.2, -0.15) is 4.72 Å². The molecule has 0 saturated carbocycles. The van der Waals surface area contributed by atoms with Gasteiger partial charge >= 0.3 is 0 Å². The molecule has 0 aliphatic heterocycles. The van der Waals surface area contributed by atoms with Gasteiger partial charge in [0.05, 0.1) is 18.8 Å². The molecule has 0 bridgehead atoms. The number of amides is 1. The van der Waals surface area contributed by atoms with Crippen molar-refractivity contribution in [3.63, 3.8) is 0 Å². The van der Waals surface area contributed by atoms with Crippen molar-refractivity contribution in [2.24, 2.45) is 0 Å². The molecule has 2 aromatic rings. The van der Waals surface area contributed by atoms with E-state index in [2.05, 4.69) is 26.0 Å². The van der Waals surface area contributed by atoms with Crippen molar-refractivity contribution in [2.75, 3.05) is 12.4 Å². The summed E-state index contributed by atoms with van der Waals surface area (Å²) in [5, 5.41) is 2.61. The van der Waals surface area contributed by atoms with Crippen LogP contribution < -0.4 is 14.8 Å². The molecule has 0 aliphatic carbocycles. The first kappa shape index (κ1) is 19.4. The zero-order valence-corrected chi connectivity index (χ0v) is 15.8. The fourth-order valence-electron chi connectivity index (χ4n) is 2.01. The van der Waals surface area contributed by atoms with Crippen molar-refractivity contribution in [3.8, 4) is 5.75 Å². The van der Waals surface area contributed by atoms with Gasteiger partial charge in [-0.05, 0) is 53.2 Å². The quantitative estimate of drug-likeness (QED) is 0.737. The van der Waals surface area contributed by atoms with Crippen LogP contribution in [0.3, 0.4) is 0 Å². The molecule has 1 amide bonds. The summed E-state index contributed by atoms with van der Waals surface area (Å²) in [6.07, 6.45) is 0. The Kier molecular flexibility index (Phi) is 6.15. The Morgan fingerprint density at radius 2 is 1.92 bits per heavy atom. The highest BCUT2D eigenvalue weighted by atomic mass is 79.9. The van der Waals surface area contributed by atoms with Gasteiger partial charge in [0.1, 0.15) is 16.5 Å². The van der Waals surface area contributed by atoms with Gasteiger partial charge < -0.3 is 10.1 Å². The number of para-hydroxylation sites is 1. The second-order valence-electron chi connectivity index (χ2n) is 5.11. The lowest BCUT2D eigenvalue weighted by molar-refractivity contribution is -0.117. The Labute approximate surface area is 153 Å². The number of ether oxygens (including phenoxy) is 1. The third-order valence-corrected chi connectivity index (χ3v) is 5.53. The van der Waals surface area contributed by atoms with Gasteiger partial charge in [-0.25, -0.2) is 12.8 Å². The molecule has 2 aromatic carbocycles. The molecule has 0 saturated heterocycles. The Morgan fingerprint density at radius 3 is 2.56 bits per heavy atom. The van der Waals surface area contributed by atoms with Crippen LogP contribution in [-0.2, 0) is 14.8 Å². The zero-order chi connectivity index (χ0) is 18.6. The van der Waals surface area contributed by atoms with Gasteiger partial charge in [0.15, 0.2) is 0 Å². The molecule has 25 heavy (non-hydrogen) atoms. The highest BCUT2D eigenvalue weighted by Gasteiger charge is 2.25. The van der Waals surface area contributed by atoms with E-state index in [0.29, 0.717) is 10.2 Å². The number of carbonyl (C=O) groups excluding carboxylic acids is 1. The summed E-state index contributed by atoms with van der Waals surface area (Å²) in [5.41, 5.74) is 0.502. The lowest BCUT2D eigenvalue weighted by atomic mass is 10.3. The van der Waals surface area contributed by atoms with E-state index in [1.54, 1.807) is 24.3 Å². The number of hydrogen-bond acceptors (Lipinski definition) is 4. The third-order valence-electron chi connectivity index (χ3n) is 3.27. The van der Waals surface area contributed by atoms with E-state index < -0.39 is 27.8 Å². The highest BCUT2D eigenvalue weighted by molar-refractivity contribution is 9.10. The van der Waals surface area contributed by atoms with Crippen molar-refractivity contribution in [2.45, 2.75) is 17.9 Å². The van der Waals surface area contributed by atoms with E-state index in [1.165, 1.54) is 20.1 Å². The van der Waals surface area contributed by atoms with E-state index >= 15 is 0 Å². The number of nitrogens with one attached hydrogen (secondary N) is 2. The predicted octanol–water partition coefficient (Wildman–Crippen LogP) is 2.90. The SMILES string of the molecule is COc1ccc(F)cc1S(=O)(=O)NC(C)C(=O)Nc1ccccc1Br. The number of sulfonamides is 1. The van der Waals surface area contributed by atoms with Crippen LogP contribution in [0.5, 0.6) is 5.75 Å². The largest absolute Gasteiger partial charge is 0.495 e. The molecule has 2 rings (SSSR count). The molecule has 0 aliphatic rings. The molecule has 1 atom stereocenters. The molecular formula is C16H16BrFN2O4S. The highest BCUT2D eigenvalue weighted by Crippen LogP contribution is 2.25. The first-order chi connectivity index (χ1) is 11.7. The molecule has 6 nitrogen and oxygen atoms in total. The number of halogens is 2. The topological polar surface area (TPSA) is 84.5 Å². The molecule has 9 heteroatoms. The van der Waals surface area contributed by atoms with Crippen LogP contribution in [0.1, 0.15) is 6.92 Å². The van der Waals surface area contributed by atoms with E-state index in [1.807, 2.05) is 0 Å². The van der Waals surface area contributed by atoms with E-state index in [0.717, 1.165) is 12.1 Å². The smallest absolute Gasteiger partial charge is 0.245 e. The Balaban J connectivity index is 2.19. The monoisotopic (exact) mass is 430 g/mol. The van der Waals surface area contributed by atoms with Gasteiger partial charge in [-0.3, -0.25) is 4.79 Å². The number of carbonyl (C=O) groups is 1. The fraction of sp³-hybridized carbons (Fsp3) is 0.188. The molecule has 0 radical (unpaired) electrons. The molecular weight excluding hydrogens is 415 g/mol. The van der Waals surface area contributed by atoms with Crippen LogP contribution in [0.4, 0.5) is 10.1 Å². The first-order valence-electron chi connectivity index (χ1n) is 7.16. The minimum Gasteiger partial charge on any atom is -0.495 e. The minimum absolute atomic E-state index is 0.0210. The van der Waals surface area contributed by atoms with Crippen LogP contribution in [0.25, 0.3) is 0 Å². The van der Waals surface area contributed by atoms with Gasteiger partial charge in [0, 0.05) is 4.47 Å². The van der Waals surface area contributed by atoms with Crippen LogP contribution in [0, 0.1) is 5.82 Å². The maximum absolute atomic E-state index is 13.4. The van der Waals surface area contributed by atoms with Crippen molar-refractivity contribution < 1.29 is 22.3 Å². The van der Waals surface area contributed by atoms with Crippen molar-refractivity contribution in [3.05, 3.63) is 52.8 Å². The second-order valence-corrected chi connectivity index (χ2v) is 7.64. The normalized spacial score (nSPS) is 12.5. The maximum Gasteiger partial charge on any atom is 0.245 e. The average molecular weight is 431 g/mol. The summed E-state index contributed by atoms with van der Waals surface area (Å²) in [6, 6.07) is 8.94. The summed E-state index contributed by atoms with van der Waals surface area (Å²) in [7, 11) is -2.89. The number of benzene rings is 2.